The van der Waals surface area contributed by atoms with Gasteiger partial charge in [0.05, 0.1) is 6.54 Å². The highest BCUT2D eigenvalue weighted by molar-refractivity contribution is 5.92. The van der Waals surface area contributed by atoms with Crippen LogP contribution < -0.4 is 10.6 Å². The summed E-state index contributed by atoms with van der Waals surface area (Å²) >= 11 is 0. The van der Waals surface area contributed by atoms with Gasteiger partial charge in [-0.2, -0.15) is 4.98 Å². The molecule has 2 aromatic rings. The van der Waals surface area contributed by atoms with Gasteiger partial charge in [0.25, 0.3) is 0 Å². The summed E-state index contributed by atoms with van der Waals surface area (Å²) in [6.07, 6.45) is 0.610. The Kier molecular flexibility index (Phi) is 4.84. The Labute approximate surface area is 117 Å². The molecule has 0 saturated carbocycles. The molecule has 0 saturated heterocycles. The molecule has 0 aliphatic heterocycles. The Balaban J connectivity index is 1.67. The number of rotatable bonds is 6. The van der Waals surface area contributed by atoms with Crippen molar-refractivity contribution in [3.63, 3.8) is 0 Å². The zero-order chi connectivity index (χ0) is 14.4. The smallest absolute Gasteiger partial charge is 0.238 e. The van der Waals surface area contributed by atoms with Crippen LogP contribution in [0.1, 0.15) is 17.3 Å². The van der Waals surface area contributed by atoms with E-state index in [1.807, 2.05) is 31.2 Å². The van der Waals surface area contributed by atoms with Crippen LogP contribution in [0.15, 0.2) is 28.8 Å². The first-order chi connectivity index (χ1) is 9.63. The third kappa shape index (κ3) is 4.47. The second-order valence-electron chi connectivity index (χ2n) is 4.58. The van der Waals surface area contributed by atoms with Crippen LogP contribution in [-0.4, -0.2) is 29.1 Å². The van der Waals surface area contributed by atoms with E-state index in [1.54, 1.807) is 6.92 Å². The molecule has 1 amide bonds. The average Bonchev–Trinajstić information content (AvgIpc) is 2.80. The number of hydrogen-bond acceptors (Lipinski definition) is 5. The van der Waals surface area contributed by atoms with Gasteiger partial charge in [-0.15, -0.1) is 0 Å². The fourth-order valence-electron chi connectivity index (χ4n) is 1.77. The van der Waals surface area contributed by atoms with Crippen molar-refractivity contribution in [3.8, 4) is 0 Å². The van der Waals surface area contributed by atoms with Gasteiger partial charge in [0.15, 0.2) is 5.82 Å². The van der Waals surface area contributed by atoms with Crippen molar-refractivity contribution in [2.24, 2.45) is 0 Å². The fraction of sp³-hybridized carbons (Fsp3) is 0.357. The van der Waals surface area contributed by atoms with Gasteiger partial charge in [-0.05, 0) is 31.5 Å². The lowest BCUT2D eigenvalue weighted by atomic mass is 10.2. The Hall–Kier alpha value is -2.21. The maximum absolute atomic E-state index is 11.7. The Morgan fingerprint density at radius 1 is 1.35 bits per heavy atom. The Bertz CT molecular complexity index is 580. The van der Waals surface area contributed by atoms with Crippen LogP contribution in [0, 0.1) is 13.8 Å². The molecule has 0 spiro atoms. The predicted octanol–water partition coefficient (Wildman–Crippen LogP) is 1.46. The average molecular weight is 274 g/mol. The summed E-state index contributed by atoms with van der Waals surface area (Å²) in [6, 6.07) is 7.70. The Morgan fingerprint density at radius 2 is 2.20 bits per heavy atom. The van der Waals surface area contributed by atoms with E-state index in [-0.39, 0.29) is 12.5 Å². The van der Waals surface area contributed by atoms with E-state index < -0.39 is 0 Å². The van der Waals surface area contributed by atoms with Crippen molar-refractivity contribution in [2.75, 3.05) is 18.4 Å². The highest BCUT2D eigenvalue weighted by Crippen LogP contribution is 2.08. The van der Waals surface area contributed by atoms with Crippen molar-refractivity contribution in [2.45, 2.75) is 20.3 Å². The molecule has 20 heavy (non-hydrogen) atoms. The molecule has 6 heteroatoms. The molecule has 0 aliphatic rings. The predicted molar refractivity (Wildman–Crippen MR) is 75.4 cm³/mol. The van der Waals surface area contributed by atoms with Gasteiger partial charge >= 0.3 is 0 Å². The fourth-order valence-corrected chi connectivity index (χ4v) is 1.77. The van der Waals surface area contributed by atoms with E-state index in [1.165, 1.54) is 0 Å². The molecule has 0 aliphatic carbocycles. The van der Waals surface area contributed by atoms with Crippen LogP contribution in [0.3, 0.4) is 0 Å². The van der Waals surface area contributed by atoms with Crippen LogP contribution in [0.5, 0.6) is 0 Å². The van der Waals surface area contributed by atoms with Crippen LogP contribution in [0.25, 0.3) is 0 Å². The molecule has 0 radical (unpaired) electrons. The largest absolute Gasteiger partial charge is 0.339 e. The molecule has 2 N–H and O–H groups in total. The number of benzene rings is 1. The first-order valence-corrected chi connectivity index (χ1v) is 6.50. The maximum atomic E-state index is 11.7. The summed E-state index contributed by atoms with van der Waals surface area (Å²) in [6.45, 7) is 4.62. The molecule has 1 aromatic carbocycles. The molecule has 0 unspecified atom stereocenters. The summed E-state index contributed by atoms with van der Waals surface area (Å²) in [5.74, 6) is 1.13. The minimum Gasteiger partial charge on any atom is -0.339 e. The van der Waals surface area contributed by atoms with E-state index in [9.17, 15) is 4.79 Å². The topological polar surface area (TPSA) is 80.0 Å². The van der Waals surface area contributed by atoms with E-state index in [0.29, 0.717) is 24.7 Å². The number of anilines is 1. The van der Waals surface area contributed by atoms with Crippen LogP contribution >= 0.6 is 0 Å². The number of nitrogens with zero attached hydrogens (tertiary/aromatic N) is 2. The monoisotopic (exact) mass is 274 g/mol. The molecule has 6 nitrogen and oxygen atoms in total. The highest BCUT2D eigenvalue weighted by atomic mass is 16.5. The van der Waals surface area contributed by atoms with Crippen molar-refractivity contribution in [1.29, 1.82) is 0 Å². The summed E-state index contributed by atoms with van der Waals surface area (Å²) in [4.78, 5) is 15.8. The number of amides is 1. The standard InChI is InChI=1S/C14H18N4O2/c1-10-4-3-5-12(8-10)17-13(19)9-15-7-6-14-16-11(2)18-20-14/h3-5,8,15H,6-7,9H2,1-2H3,(H,17,19). The molecule has 106 valence electrons. The quantitative estimate of drug-likeness (QED) is 0.779. The number of aromatic nitrogens is 2. The second kappa shape index (κ2) is 6.81. The van der Waals surface area contributed by atoms with E-state index >= 15 is 0 Å². The van der Waals surface area contributed by atoms with Gasteiger partial charge in [-0.1, -0.05) is 17.3 Å². The first kappa shape index (κ1) is 14.2. The molecule has 0 fully saturated rings. The molecular weight excluding hydrogens is 256 g/mol. The van der Waals surface area contributed by atoms with Crippen molar-refractivity contribution >= 4 is 11.6 Å². The lowest BCUT2D eigenvalue weighted by molar-refractivity contribution is -0.115. The van der Waals surface area contributed by atoms with Gasteiger partial charge in [-0.25, -0.2) is 0 Å². The van der Waals surface area contributed by atoms with Crippen LogP contribution in [0.2, 0.25) is 0 Å². The molecular formula is C14H18N4O2. The summed E-state index contributed by atoms with van der Waals surface area (Å²) in [5.41, 5.74) is 1.92. The second-order valence-corrected chi connectivity index (χ2v) is 4.58. The van der Waals surface area contributed by atoms with Crippen molar-refractivity contribution in [1.82, 2.24) is 15.5 Å². The zero-order valence-corrected chi connectivity index (χ0v) is 11.6. The van der Waals surface area contributed by atoms with Crippen molar-refractivity contribution < 1.29 is 9.32 Å². The number of nitrogens with one attached hydrogen (secondary N) is 2. The number of hydrogen-bond donors (Lipinski definition) is 2. The van der Waals surface area contributed by atoms with Gasteiger partial charge < -0.3 is 15.2 Å². The highest BCUT2D eigenvalue weighted by Gasteiger charge is 2.04. The minimum atomic E-state index is -0.0719. The third-order valence-corrected chi connectivity index (χ3v) is 2.67. The zero-order valence-electron chi connectivity index (χ0n) is 11.6. The lowest BCUT2D eigenvalue weighted by Crippen LogP contribution is -2.29. The number of carbonyl (C=O) groups is 1. The lowest BCUT2D eigenvalue weighted by Gasteiger charge is -2.06. The summed E-state index contributed by atoms with van der Waals surface area (Å²) in [7, 11) is 0. The number of aryl methyl sites for hydroxylation is 2. The first-order valence-electron chi connectivity index (χ1n) is 6.50. The summed E-state index contributed by atoms with van der Waals surface area (Å²) < 4.78 is 4.98. The van der Waals surface area contributed by atoms with Crippen LogP contribution in [-0.2, 0) is 11.2 Å². The van der Waals surface area contributed by atoms with E-state index in [2.05, 4.69) is 20.8 Å². The number of carbonyl (C=O) groups excluding carboxylic acids is 1. The van der Waals surface area contributed by atoms with Crippen LogP contribution in [0.4, 0.5) is 5.69 Å². The molecule has 1 aromatic heterocycles. The molecule has 0 bridgehead atoms. The Morgan fingerprint density at radius 3 is 2.90 bits per heavy atom. The SMILES string of the molecule is Cc1cccc(NC(=O)CNCCc2nc(C)no2)c1. The third-order valence-electron chi connectivity index (χ3n) is 2.67. The normalized spacial score (nSPS) is 10.5. The van der Waals surface area contributed by atoms with Crippen molar-refractivity contribution in [3.05, 3.63) is 41.5 Å². The minimum absolute atomic E-state index is 0.0719. The molecule has 2 rings (SSSR count). The molecule has 0 atom stereocenters. The van der Waals surface area contributed by atoms with E-state index in [4.69, 9.17) is 4.52 Å². The maximum Gasteiger partial charge on any atom is 0.238 e. The van der Waals surface area contributed by atoms with E-state index in [0.717, 1.165) is 11.3 Å². The van der Waals surface area contributed by atoms with Gasteiger partial charge in [-0.3, -0.25) is 4.79 Å². The van der Waals surface area contributed by atoms with Gasteiger partial charge in [0.2, 0.25) is 11.8 Å². The van der Waals surface area contributed by atoms with Gasteiger partial charge in [0, 0.05) is 18.7 Å². The summed E-state index contributed by atoms with van der Waals surface area (Å²) in [5, 5.41) is 9.57. The molecule has 1 heterocycles. The van der Waals surface area contributed by atoms with Gasteiger partial charge in [0.1, 0.15) is 0 Å².